The Labute approximate surface area is 130 Å². The predicted octanol–water partition coefficient (Wildman–Crippen LogP) is 2.28. The first-order valence-electron chi connectivity index (χ1n) is 5.85. The van der Waals surface area contributed by atoms with Crippen LogP contribution in [0.1, 0.15) is 22.0 Å². The number of halogens is 2. The molecule has 1 unspecified atom stereocenters. The number of hydrogen-bond donors (Lipinski definition) is 2. The molecule has 1 heterocycles. The number of carboxylic acids is 1. The lowest BCUT2D eigenvalue weighted by Crippen LogP contribution is -2.33. The molecule has 2 aromatic rings. The fourth-order valence-corrected chi connectivity index (χ4v) is 2.25. The first-order chi connectivity index (χ1) is 9.88. The fraction of sp³-hybridized carbons (Fsp3) is 0.154. The van der Waals surface area contributed by atoms with E-state index >= 15 is 0 Å². The van der Waals surface area contributed by atoms with Crippen LogP contribution in [-0.2, 0) is 11.8 Å². The molecule has 8 heteroatoms. The van der Waals surface area contributed by atoms with Crippen LogP contribution in [0.15, 0.2) is 30.6 Å². The van der Waals surface area contributed by atoms with E-state index in [-0.39, 0.29) is 10.6 Å². The third kappa shape index (κ3) is 3.53. The van der Waals surface area contributed by atoms with Gasteiger partial charge in [-0.25, -0.2) is 4.79 Å². The van der Waals surface area contributed by atoms with Gasteiger partial charge in [0.15, 0.2) is 6.04 Å². The van der Waals surface area contributed by atoms with E-state index in [4.69, 9.17) is 23.2 Å². The lowest BCUT2D eigenvalue weighted by molar-refractivity contribution is -0.139. The van der Waals surface area contributed by atoms with E-state index in [9.17, 15) is 14.7 Å². The van der Waals surface area contributed by atoms with E-state index in [0.717, 1.165) is 0 Å². The summed E-state index contributed by atoms with van der Waals surface area (Å²) < 4.78 is 1.45. The van der Waals surface area contributed by atoms with Gasteiger partial charge >= 0.3 is 5.97 Å². The number of hydrogen-bond acceptors (Lipinski definition) is 3. The SMILES string of the molecule is Cn1cc(C(NC(=O)c2ccc(Cl)cc2Cl)C(=O)O)cn1. The van der Waals surface area contributed by atoms with Crippen molar-refractivity contribution < 1.29 is 14.7 Å². The van der Waals surface area contributed by atoms with Gasteiger partial charge in [-0.1, -0.05) is 23.2 Å². The van der Waals surface area contributed by atoms with Crippen LogP contribution in [0.2, 0.25) is 10.0 Å². The molecule has 1 amide bonds. The van der Waals surface area contributed by atoms with E-state index < -0.39 is 17.9 Å². The molecule has 0 aliphatic rings. The van der Waals surface area contributed by atoms with Crippen molar-refractivity contribution in [3.8, 4) is 0 Å². The summed E-state index contributed by atoms with van der Waals surface area (Å²) in [6.45, 7) is 0. The van der Waals surface area contributed by atoms with E-state index in [2.05, 4.69) is 10.4 Å². The summed E-state index contributed by atoms with van der Waals surface area (Å²) in [6.07, 6.45) is 2.89. The molecule has 0 spiro atoms. The van der Waals surface area contributed by atoms with E-state index in [0.29, 0.717) is 10.6 Å². The van der Waals surface area contributed by atoms with Crippen LogP contribution < -0.4 is 5.32 Å². The number of aliphatic carboxylic acids is 1. The van der Waals surface area contributed by atoms with Gasteiger partial charge in [0.25, 0.3) is 5.91 Å². The zero-order valence-electron chi connectivity index (χ0n) is 10.9. The lowest BCUT2D eigenvalue weighted by atomic mass is 10.1. The van der Waals surface area contributed by atoms with Crippen molar-refractivity contribution in [1.29, 1.82) is 0 Å². The Balaban J connectivity index is 2.25. The van der Waals surface area contributed by atoms with Crippen LogP contribution >= 0.6 is 23.2 Å². The minimum absolute atomic E-state index is 0.148. The topological polar surface area (TPSA) is 84.2 Å². The molecule has 2 N–H and O–H groups in total. The minimum atomic E-state index is -1.21. The summed E-state index contributed by atoms with van der Waals surface area (Å²) in [5, 5.41) is 16.1. The predicted molar refractivity (Wildman–Crippen MR) is 77.5 cm³/mol. The summed E-state index contributed by atoms with van der Waals surface area (Å²) in [5.74, 6) is -1.80. The Morgan fingerprint density at radius 1 is 1.38 bits per heavy atom. The van der Waals surface area contributed by atoms with Gasteiger partial charge in [0.2, 0.25) is 0 Å². The molecule has 1 aromatic carbocycles. The first-order valence-corrected chi connectivity index (χ1v) is 6.61. The average molecular weight is 328 g/mol. The Kier molecular flexibility index (Phi) is 4.50. The number of nitrogens with one attached hydrogen (secondary N) is 1. The molecule has 6 nitrogen and oxygen atoms in total. The summed E-state index contributed by atoms with van der Waals surface area (Å²) in [4.78, 5) is 23.5. The normalized spacial score (nSPS) is 12.0. The molecule has 2 rings (SSSR count). The molecule has 0 saturated carbocycles. The number of carbonyl (C=O) groups is 2. The summed E-state index contributed by atoms with van der Waals surface area (Å²) in [5.41, 5.74) is 0.514. The van der Waals surface area contributed by atoms with Gasteiger partial charge in [-0.3, -0.25) is 9.48 Å². The van der Waals surface area contributed by atoms with Crippen molar-refractivity contribution in [2.45, 2.75) is 6.04 Å². The molecule has 0 radical (unpaired) electrons. The van der Waals surface area contributed by atoms with Crippen molar-refractivity contribution in [2.24, 2.45) is 7.05 Å². The van der Waals surface area contributed by atoms with Gasteiger partial charge in [-0.05, 0) is 18.2 Å². The number of amides is 1. The average Bonchev–Trinajstić information content (AvgIpc) is 2.81. The highest BCUT2D eigenvalue weighted by atomic mass is 35.5. The van der Waals surface area contributed by atoms with Gasteiger partial charge < -0.3 is 10.4 Å². The lowest BCUT2D eigenvalue weighted by Gasteiger charge is -2.13. The van der Waals surface area contributed by atoms with Gasteiger partial charge in [0.1, 0.15) is 0 Å². The molecule has 110 valence electrons. The van der Waals surface area contributed by atoms with E-state index in [1.165, 1.54) is 35.3 Å². The highest BCUT2D eigenvalue weighted by Crippen LogP contribution is 2.22. The molecule has 1 atom stereocenters. The number of carboxylic acid groups (broad SMARTS) is 1. The maximum atomic E-state index is 12.1. The molecular formula is C13H11Cl2N3O3. The summed E-state index contributed by atoms with van der Waals surface area (Å²) in [7, 11) is 1.65. The second kappa shape index (κ2) is 6.15. The van der Waals surface area contributed by atoms with Crippen molar-refractivity contribution >= 4 is 35.1 Å². The number of carbonyl (C=O) groups excluding carboxylic acids is 1. The third-order valence-corrected chi connectivity index (χ3v) is 3.30. The van der Waals surface area contributed by atoms with E-state index in [1.807, 2.05) is 0 Å². The van der Waals surface area contributed by atoms with Crippen molar-refractivity contribution in [1.82, 2.24) is 15.1 Å². The summed E-state index contributed by atoms with van der Waals surface area (Å²) in [6, 6.07) is 3.14. The largest absolute Gasteiger partial charge is 0.479 e. The van der Waals surface area contributed by atoms with Gasteiger partial charge in [0.05, 0.1) is 16.8 Å². The Morgan fingerprint density at radius 3 is 2.62 bits per heavy atom. The molecule has 1 aromatic heterocycles. The monoisotopic (exact) mass is 327 g/mol. The number of rotatable bonds is 4. The standard InChI is InChI=1S/C13H11Cl2N3O3/c1-18-6-7(5-16-18)11(13(20)21)17-12(19)9-3-2-8(14)4-10(9)15/h2-6,11H,1H3,(H,17,19)(H,20,21). The van der Waals surface area contributed by atoms with Gasteiger partial charge in [-0.2, -0.15) is 5.10 Å². The molecule has 21 heavy (non-hydrogen) atoms. The molecule has 0 aliphatic heterocycles. The van der Waals surface area contributed by atoms with Gasteiger partial charge in [-0.15, -0.1) is 0 Å². The van der Waals surface area contributed by atoms with Crippen LogP contribution in [0.25, 0.3) is 0 Å². The zero-order chi connectivity index (χ0) is 15.6. The number of aromatic nitrogens is 2. The van der Waals surface area contributed by atoms with Crippen LogP contribution in [0.4, 0.5) is 0 Å². The van der Waals surface area contributed by atoms with Crippen molar-refractivity contribution in [3.63, 3.8) is 0 Å². The van der Waals surface area contributed by atoms with Crippen LogP contribution in [-0.4, -0.2) is 26.8 Å². The van der Waals surface area contributed by atoms with Gasteiger partial charge in [0, 0.05) is 23.8 Å². The Hall–Kier alpha value is -2.05. The maximum absolute atomic E-state index is 12.1. The molecular weight excluding hydrogens is 317 g/mol. The Morgan fingerprint density at radius 2 is 2.10 bits per heavy atom. The van der Waals surface area contributed by atoms with Crippen molar-refractivity contribution in [2.75, 3.05) is 0 Å². The summed E-state index contributed by atoms with van der Waals surface area (Å²) >= 11 is 11.7. The molecule has 0 fully saturated rings. The van der Waals surface area contributed by atoms with Crippen LogP contribution in [0, 0.1) is 0 Å². The number of nitrogens with zero attached hydrogens (tertiary/aromatic N) is 2. The number of aryl methyl sites for hydroxylation is 1. The van der Waals surface area contributed by atoms with Crippen LogP contribution in [0.3, 0.4) is 0 Å². The fourth-order valence-electron chi connectivity index (χ4n) is 1.76. The molecule has 0 bridgehead atoms. The van der Waals surface area contributed by atoms with Crippen molar-refractivity contribution in [3.05, 3.63) is 51.8 Å². The quantitative estimate of drug-likeness (QED) is 0.902. The minimum Gasteiger partial charge on any atom is -0.479 e. The second-order valence-electron chi connectivity index (χ2n) is 4.32. The molecule has 0 aliphatic carbocycles. The highest BCUT2D eigenvalue weighted by Gasteiger charge is 2.24. The highest BCUT2D eigenvalue weighted by molar-refractivity contribution is 6.36. The maximum Gasteiger partial charge on any atom is 0.331 e. The second-order valence-corrected chi connectivity index (χ2v) is 5.16. The van der Waals surface area contributed by atoms with E-state index in [1.54, 1.807) is 7.05 Å². The Bertz CT molecular complexity index is 700. The first kappa shape index (κ1) is 15.3. The third-order valence-electron chi connectivity index (χ3n) is 2.76. The smallest absolute Gasteiger partial charge is 0.331 e. The zero-order valence-corrected chi connectivity index (χ0v) is 12.4. The molecule has 0 saturated heterocycles. The van der Waals surface area contributed by atoms with Crippen LogP contribution in [0.5, 0.6) is 0 Å². The number of benzene rings is 1.